The molecule has 0 saturated heterocycles. The molecular formula is C51H34N4. The van der Waals surface area contributed by atoms with Gasteiger partial charge in [-0.1, -0.05) is 164 Å². The highest BCUT2D eigenvalue weighted by atomic mass is 15.1. The normalized spacial score (nSPS) is 11.3. The average Bonchev–Trinajstić information content (AvgIpc) is 3.27. The molecule has 0 spiro atoms. The van der Waals surface area contributed by atoms with Crippen LogP contribution in [0.25, 0.3) is 77.6 Å². The summed E-state index contributed by atoms with van der Waals surface area (Å²) in [5, 5.41) is 5.63. The minimum absolute atomic E-state index is 0.690. The summed E-state index contributed by atoms with van der Waals surface area (Å²) in [5.41, 5.74) is 11.0. The lowest BCUT2D eigenvalue weighted by atomic mass is 9.93. The Kier molecular flexibility index (Phi) is 8.12. The van der Waals surface area contributed by atoms with Gasteiger partial charge in [0.25, 0.3) is 0 Å². The Hall–Kier alpha value is -7.43. The third kappa shape index (κ3) is 5.96. The maximum atomic E-state index is 5.53. The van der Waals surface area contributed by atoms with Crippen LogP contribution in [0.4, 0.5) is 17.1 Å². The van der Waals surface area contributed by atoms with Crippen molar-refractivity contribution < 1.29 is 0 Å². The highest BCUT2D eigenvalue weighted by Gasteiger charge is 2.21. The first-order valence-corrected chi connectivity index (χ1v) is 18.5. The molecule has 0 aliphatic carbocycles. The summed E-state index contributed by atoms with van der Waals surface area (Å²) in [7, 11) is 0. The van der Waals surface area contributed by atoms with Gasteiger partial charge in [0.05, 0.1) is 28.3 Å². The summed E-state index contributed by atoms with van der Waals surface area (Å²) in [6, 6.07) is 71.9. The van der Waals surface area contributed by atoms with Crippen LogP contribution in [0.3, 0.4) is 0 Å². The molecule has 10 rings (SSSR count). The molecule has 0 unspecified atom stereocenters. The van der Waals surface area contributed by atoms with Crippen molar-refractivity contribution in [2.45, 2.75) is 0 Å². The maximum Gasteiger partial charge on any atom is 0.160 e. The van der Waals surface area contributed by atoms with E-state index in [0.717, 1.165) is 83.5 Å². The van der Waals surface area contributed by atoms with E-state index in [1.54, 1.807) is 0 Å². The number of hydrogen-bond donors (Lipinski definition) is 0. The Bertz CT molecular complexity index is 2850. The molecule has 0 saturated carbocycles. The van der Waals surface area contributed by atoms with Gasteiger partial charge in [-0.05, 0) is 53.2 Å². The molecule has 258 valence electrons. The highest BCUT2D eigenvalue weighted by Crippen LogP contribution is 2.44. The Morgan fingerprint density at radius 3 is 1.45 bits per heavy atom. The van der Waals surface area contributed by atoms with Gasteiger partial charge in [0.15, 0.2) is 5.82 Å². The molecule has 2 heterocycles. The number of para-hydroxylation sites is 3. The minimum atomic E-state index is 0.690. The second-order valence-electron chi connectivity index (χ2n) is 13.6. The first-order chi connectivity index (χ1) is 27.3. The van der Waals surface area contributed by atoms with E-state index in [1.807, 2.05) is 36.4 Å². The van der Waals surface area contributed by atoms with Gasteiger partial charge in [0.2, 0.25) is 0 Å². The zero-order chi connectivity index (χ0) is 36.6. The Balaban J connectivity index is 1.22. The maximum absolute atomic E-state index is 5.53. The Labute approximate surface area is 319 Å². The van der Waals surface area contributed by atoms with Crippen LogP contribution < -0.4 is 4.90 Å². The fourth-order valence-electron chi connectivity index (χ4n) is 7.65. The summed E-state index contributed by atoms with van der Waals surface area (Å²) in [6.45, 7) is 0. The second kappa shape index (κ2) is 13.8. The second-order valence-corrected chi connectivity index (χ2v) is 13.6. The monoisotopic (exact) mass is 702 g/mol. The van der Waals surface area contributed by atoms with Gasteiger partial charge in [-0.15, -0.1) is 0 Å². The molecule has 0 aliphatic rings. The number of aromatic nitrogens is 3. The quantitative estimate of drug-likeness (QED) is 0.155. The van der Waals surface area contributed by atoms with Gasteiger partial charge in [0.1, 0.15) is 0 Å². The Morgan fingerprint density at radius 1 is 0.345 bits per heavy atom. The van der Waals surface area contributed by atoms with Crippen LogP contribution in [-0.2, 0) is 0 Å². The van der Waals surface area contributed by atoms with Gasteiger partial charge >= 0.3 is 0 Å². The molecule has 0 bridgehead atoms. The summed E-state index contributed by atoms with van der Waals surface area (Å²) in [6.07, 6.45) is 0. The first kappa shape index (κ1) is 32.2. The molecule has 2 aromatic heterocycles. The lowest BCUT2D eigenvalue weighted by molar-refractivity contribution is 1.18. The molecule has 0 radical (unpaired) electrons. The fourth-order valence-corrected chi connectivity index (χ4v) is 7.65. The van der Waals surface area contributed by atoms with Gasteiger partial charge in [0, 0.05) is 49.8 Å². The third-order valence-corrected chi connectivity index (χ3v) is 10.2. The molecule has 0 atom stereocenters. The first-order valence-electron chi connectivity index (χ1n) is 18.5. The van der Waals surface area contributed by atoms with E-state index in [1.165, 1.54) is 5.39 Å². The minimum Gasteiger partial charge on any atom is -0.308 e. The lowest BCUT2D eigenvalue weighted by Gasteiger charge is -2.27. The van der Waals surface area contributed by atoms with Crippen molar-refractivity contribution in [2.24, 2.45) is 0 Å². The number of fused-ring (bicyclic) bond motifs is 5. The van der Waals surface area contributed by atoms with Crippen molar-refractivity contribution in [1.82, 2.24) is 15.0 Å². The van der Waals surface area contributed by atoms with Crippen molar-refractivity contribution in [3.8, 4) is 45.2 Å². The van der Waals surface area contributed by atoms with E-state index in [0.29, 0.717) is 5.82 Å². The lowest BCUT2D eigenvalue weighted by Crippen LogP contribution is -2.11. The number of benzene rings is 8. The summed E-state index contributed by atoms with van der Waals surface area (Å²) < 4.78 is 0. The van der Waals surface area contributed by atoms with E-state index in [2.05, 4.69) is 175 Å². The summed E-state index contributed by atoms with van der Waals surface area (Å²) in [4.78, 5) is 18.1. The molecule has 0 fully saturated rings. The standard InChI is InChI=1S/C51H34N4/c1-6-17-35(18-7-1)45-34-46(36-19-8-2-9-20-36)53-51(52-45)39-30-31-42-38(33-39)29-32-44-48(42)43-27-16-28-47(50(43)54-49(44)37-21-10-3-11-22-37)55(40-23-12-4-13-24-40)41-25-14-5-15-26-41/h1-34H. The van der Waals surface area contributed by atoms with E-state index in [9.17, 15) is 0 Å². The number of pyridine rings is 1. The zero-order valence-corrected chi connectivity index (χ0v) is 29.9. The van der Waals surface area contributed by atoms with E-state index in [-0.39, 0.29) is 0 Å². The van der Waals surface area contributed by atoms with Crippen molar-refractivity contribution >= 4 is 49.5 Å². The van der Waals surface area contributed by atoms with Crippen LogP contribution in [0, 0.1) is 0 Å². The van der Waals surface area contributed by atoms with E-state index >= 15 is 0 Å². The number of anilines is 3. The van der Waals surface area contributed by atoms with Crippen molar-refractivity contribution in [1.29, 1.82) is 0 Å². The molecule has 0 N–H and O–H groups in total. The summed E-state index contributed by atoms with van der Waals surface area (Å²) in [5.74, 6) is 0.690. The zero-order valence-electron chi connectivity index (χ0n) is 29.9. The van der Waals surface area contributed by atoms with Crippen molar-refractivity contribution in [3.63, 3.8) is 0 Å². The average molecular weight is 703 g/mol. The number of rotatable bonds is 7. The molecule has 0 aliphatic heterocycles. The number of hydrogen-bond acceptors (Lipinski definition) is 4. The molecular weight excluding hydrogens is 669 g/mol. The molecule has 10 aromatic rings. The fraction of sp³-hybridized carbons (Fsp3) is 0. The molecule has 0 amide bonds. The molecule has 4 heteroatoms. The van der Waals surface area contributed by atoms with Crippen LogP contribution in [0.1, 0.15) is 0 Å². The topological polar surface area (TPSA) is 41.9 Å². The van der Waals surface area contributed by atoms with E-state index < -0.39 is 0 Å². The third-order valence-electron chi connectivity index (χ3n) is 10.2. The van der Waals surface area contributed by atoms with E-state index in [4.69, 9.17) is 15.0 Å². The van der Waals surface area contributed by atoms with Gasteiger partial charge in [-0.2, -0.15) is 0 Å². The van der Waals surface area contributed by atoms with Crippen molar-refractivity contribution in [2.75, 3.05) is 4.90 Å². The van der Waals surface area contributed by atoms with Gasteiger partial charge in [-0.25, -0.2) is 15.0 Å². The molecule has 4 nitrogen and oxygen atoms in total. The predicted octanol–water partition coefficient (Wildman–Crippen LogP) is 13.5. The largest absolute Gasteiger partial charge is 0.308 e. The van der Waals surface area contributed by atoms with Crippen LogP contribution in [0.5, 0.6) is 0 Å². The predicted molar refractivity (Wildman–Crippen MR) is 229 cm³/mol. The Morgan fingerprint density at radius 2 is 0.873 bits per heavy atom. The van der Waals surface area contributed by atoms with Crippen LogP contribution in [-0.4, -0.2) is 15.0 Å². The SMILES string of the molecule is c1ccc(-c2cc(-c3ccccc3)nc(-c3ccc4c(ccc5c(-c6ccccc6)nc6c(N(c7ccccc7)c7ccccc7)cccc6c54)c3)n2)cc1. The van der Waals surface area contributed by atoms with Crippen molar-refractivity contribution in [3.05, 3.63) is 206 Å². The molecule has 55 heavy (non-hydrogen) atoms. The van der Waals surface area contributed by atoms with Crippen LogP contribution in [0.2, 0.25) is 0 Å². The van der Waals surface area contributed by atoms with Gasteiger partial charge in [-0.3, -0.25) is 0 Å². The van der Waals surface area contributed by atoms with Gasteiger partial charge < -0.3 is 4.90 Å². The van der Waals surface area contributed by atoms with Crippen LogP contribution >= 0.6 is 0 Å². The molecule has 8 aromatic carbocycles. The van der Waals surface area contributed by atoms with Crippen LogP contribution in [0.15, 0.2) is 206 Å². The highest BCUT2D eigenvalue weighted by molar-refractivity contribution is 6.24. The summed E-state index contributed by atoms with van der Waals surface area (Å²) >= 11 is 0. The smallest absolute Gasteiger partial charge is 0.160 e. The number of nitrogens with zero attached hydrogens (tertiary/aromatic N) is 4.